The highest BCUT2D eigenvalue weighted by atomic mass is 16.6. The largest absolute Gasteiger partial charge is 0.364 e. The number of nitrogens with one attached hydrogen (secondary N) is 2. The highest BCUT2D eigenvalue weighted by molar-refractivity contribution is 5.56. The van der Waals surface area contributed by atoms with E-state index in [0.717, 1.165) is 6.42 Å². The second kappa shape index (κ2) is 6.73. The third-order valence-corrected chi connectivity index (χ3v) is 2.62. The SMILES string of the molecule is CCNc1ncc([N+](=O)[O-])c(NCC(C)CC)n1. The van der Waals surface area contributed by atoms with Crippen LogP contribution in [0.1, 0.15) is 27.2 Å². The van der Waals surface area contributed by atoms with E-state index in [-0.39, 0.29) is 11.5 Å². The van der Waals surface area contributed by atoms with E-state index in [1.165, 1.54) is 6.20 Å². The van der Waals surface area contributed by atoms with E-state index in [0.29, 0.717) is 25.0 Å². The van der Waals surface area contributed by atoms with Crippen molar-refractivity contribution in [3.05, 3.63) is 16.3 Å². The Morgan fingerprint density at radius 3 is 2.72 bits per heavy atom. The molecule has 7 nitrogen and oxygen atoms in total. The van der Waals surface area contributed by atoms with Gasteiger partial charge in [0.05, 0.1) is 4.92 Å². The van der Waals surface area contributed by atoms with Gasteiger partial charge in [0.15, 0.2) is 0 Å². The van der Waals surface area contributed by atoms with Crippen LogP contribution in [0.15, 0.2) is 6.20 Å². The topological polar surface area (TPSA) is 93.0 Å². The molecule has 0 amide bonds. The first kappa shape index (κ1) is 14.1. The number of anilines is 2. The van der Waals surface area contributed by atoms with Crippen LogP contribution < -0.4 is 10.6 Å². The molecule has 0 aliphatic heterocycles. The molecule has 0 aromatic carbocycles. The second-order valence-electron chi connectivity index (χ2n) is 4.11. The first-order valence-corrected chi connectivity index (χ1v) is 6.07. The summed E-state index contributed by atoms with van der Waals surface area (Å²) in [5, 5.41) is 16.8. The smallest absolute Gasteiger partial charge is 0.329 e. The lowest BCUT2D eigenvalue weighted by Gasteiger charge is -2.11. The number of aromatic nitrogens is 2. The van der Waals surface area contributed by atoms with E-state index < -0.39 is 4.92 Å². The standard InChI is InChI=1S/C11H19N5O2/c1-4-8(3)6-13-10-9(16(17)18)7-14-11(15-10)12-5-2/h7-8H,4-6H2,1-3H3,(H2,12,13,14,15). The Labute approximate surface area is 106 Å². The van der Waals surface area contributed by atoms with Gasteiger partial charge in [-0.1, -0.05) is 20.3 Å². The maximum atomic E-state index is 10.9. The lowest BCUT2D eigenvalue weighted by atomic mass is 10.1. The molecule has 1 rings (SSSR count). The van der Waals surface area contributed by atoms with Crippen LogP contribution in [-0.4, -0.2) is 28.0 Å². The highest BCUT2D eigenvalue weighted by Crippen LogP contribution is 2.22. The van der Waals surface area contributed by atoms with Crippen LogP contribution in [0.4, 0.5) is 17.5 Å². The molecule has 2 N–H and O–H groups in total. The molecule has 1 atom stereocenters. The summed E-state index contributed by atoms with van der Waals surface area (Å²) in [5.74, 6) is 1.10. The zero-order valence-electron chi connectivity index (χ0n) is 10.9. The molecule has 18 heavy (non-hydrogen) atoms. The van der Waals surface area contributed by atoms with E-state index in [1.54, 1.807) is 0 Å². The van der Waals surface area contributed by atoms with Crippen molar-refractivity contribution in [1.82, 2.24) is 9.97 Å². The summed E-state index contributed by atoms with van der Waals surface area (Å²) in [4.78, 5) is 18.4. The molecule has 0 radical (unpaired) electrons. The minimum atomic E-state index is -0.478. The molecule has 0 bridgehead atoms. The van der Waals surface area contributed by atoms with Gasteiger partial charge in [0, 0.05) is 13.1 Å². The van der Waals surface area contributed by atoms with Gasteiger partial charge >= 0.3 is 5.69 Å². The summed E-state index contributed by atoms with van der Waals surface area (Å²) in [7, 11) is 0. The summed E-state index contributed by atoms with van der Waals surface area (Å²) in [6.45, 7) is 7.38. The predicted molar refractivity (Wildman–Crippen MR) is 70.8 cm³/mol. The lowest BCUT2D eigenvalue weighted by Crippen LogP contribution is -2.14. The fraction of sp³-hybridized carbons (Fsp3) is 0.636. The molecule has 1 heterocycles. The van der Waals surface area contributed by atoms with Gasteiger partial charge in [-0.05, 0) is 12.8 Å². The van der Waals surface area contributed by atoms with E-state index in [4.69, 9.17) is 0 Å². The molecule has 0 saturated carbocycles. The van der Waals surface area contributed by atoms with Crippen LogP contribution in [0, 0.1) is 16.0 Å². The Kier molecular flexibility index (Phi) is 5.29. The van der Waals surface area contributed by atoms with Crippen molar-refractivity contribution in [2.75, 3.05) is 23.7 Å². The molecule has 1 aromatic heterocycles. The van der Waals surface area contributed by atoms with E-state index >= 15 is 0 Å². The first-order chi connectivity index (χ1) is 8.58. The molecule has 100 valence electrons. The minimum Gasteiger partial charge on any atom is -0.364 e. The quantitative estimate of drug-likeness (QED) is 0.572. The second-order valence-corrected chi connectivity index (χ2v) is 4.11. The lowest BCUT2D eigenvalue weighted by molar-refractivity contribution is -0.384. The van der Waals surface area contributed by atoms with Gasteiger partial charge in [-0.3, -0.25) is 10.1 Å². The van der Waals surface area contributed by atoms with Gasteiger partial charge in [0.25, 0.3) is 0 Å². The van der Waals surface area contributed by atoms with E-state index in [2.05, 4.69) is 34.4 Å². The Morgan fingerprint density at radius 1 is 1.44 bits per heavy atom. The molecule has 0 aliphatic carbocycles. The van der Waals surface area contributed by atoms with Crippen molar-refractivity contribution in [2.45, 2.75) is 27.2 Å². The molecule has 1 unspecified atom stereocenters. The van der Waals surface area contributed by atoms with Gasteiger partial charge in [0.2, 0.25) is 11.8 Å². The summed E-state index contributed by atoms with van der Waals surface area (Å²) in [6, 6.07) is 0. The maximum absolute atomic E-state index is 10.9. The summed E-state index contributed by atoms with van der Waals surface area (Å²) in [5.41, 5.74) is -0.0973. The average molecular weight is 253 g/mol. The van der Waals surface area contributed by atoms with Gasteiger partial charge < -0.3 is 10.6 Å². The maximum Gasteiger partial charge on any atom is 0.329 e. The summed E-state index contributed by atoms with van der Waals surface area (Å²) < 4.78 is 0. The van der Waals surface area contributed by atoms with Crippen LogP contribution in [0.2, 0.25) is 0 Å². The monoisotopic (exact) mass is 253 g/mol. The van der Waals surface area contributed by atoms with Crippen LogP contribution in [0.25, 0.3) is 0 Å². The Balaban J connectivity index is 2.89. The summed E-state index contributed by atoms with van der Waals surface area (Å²) in [6.07, 6.45) is 2.23. The van der Waals surface area contributed by atoms with Crippen LogP contribution in [0.3, 0.4) is 0 Å². The predicted octanol–water partition coefficient (Wildman–Crippen LogP) is 2.27. The molecular formula is C11H19N5O2. The zero-order valence-corrected chi connectivity index (χ0v) is 10.9. The molecular weight excluding hydrogens is 234 g/mol. The van der Waals surface area contributed by atoms with Crippen LogP contribution in [0.5, 0.6) is 0 Å². The average Bonchev–Trinajstić information content (AvgIpc) is 2.36. The zero-order chi connectivity index (χ0) is 13.5. The number of hydrogen-bond acceptors (Lipinski definition) is 6. The normalized spacial score (nSPS) is 11.9. The third kappa shape index (κ3) is 3.83. The molecule has 1 aromatic rings. The van der Waals surface area contributed by atoms with Gasteiger partial charge in [-0.2, -0.15) is 4.98 Å². The van der Waals surface area contributed by atoms with Crippen LogP contribution in [-0.2, 0) is 0 Å². The molecule has 7 heteroatoms. The van der Waals surface area contributed by atoms with Crippen molar-refractivity contribution < 1.29 is 4.92 Å². The summed E-state index contributed by atoms with van der Waals surface area (Å²) >= 11 is 0. The Hall–Kier alpha value is -1.92. The van der Waals surface area contributed by atoms with Crippen LogP contribution >= 0.6 is 0 Å². The van der Waals surface area contributed by atoms with Crippen molar-refractivity contribution in [2.24, 2.45) is 5.92 Å². The fourth-order valence-corrected chi connectivity index (χ4v) is 1.30. The van der Waals surface area contributed by atoms with Crippen molar-refractivity contribution >= 4 is 17.5 Å². The molecule has 0 spiro atoms. The minimum absolute atomic E-state index is 0.0973. The molecule has 0 fully saturated rings. The first-order valence-electron chi connectivity index (χ1n) is 6.07. The van der Waals surface area contributed by atoms with E-state index in [9.17, 15) is 10.1 Å². The number of rotatable bonds is 7. The van der Waals surface area contributed by atoms with Crippen molar-refractivity contribution in [1.29, 1.82) is 0 Å². The third-order valence-electron chi connectivity index (χ3n) is 2.62. The Morgan fingerprint density at radius 2 is 2.17 bits per heavy atom. The Bertz CT molecular complexity index is 410. The number of nitro groups is 1. The van der Waals surface area contributed by atoms with Crippen molar-refractivity contribution in [3.63, 3.8) is 0 Å². The highest BCUT2D eigenvalue weighted by Gasteiger charge is 2.17. The molecule has 0 saturated heterocycles. The number of hydrogen-bond donors (Lipinski definition) is 2. The van der Waals surface area contributed by atoms with E-state index in [1.807, 2.05) is 6.92 Å². The van der Waals surface area contributed by atoms with Gasteiger partial charge in [0.1, 0.15) is 6.20 Å². The van der Waals surface area contributed by atoms with Crippen molar-refractivity contribution in [3.8, 4) is 0 Å². The van der Waals surface area contributed by atoms with Gasteiger partial charge in [-0.25, -0.2) is 4.98 Å². The molecule has 0 aliphatic rings. The number of nitrogens with zero attached hydrogens (tertiary/aromatic N) is 3. The van der Waals surface area contributed by atoms with Gasteiger partial charge in [-0.15, -0.1) is 0 Å². The fourth-order valence-electron chi connectivity index (χ4n) is 1.30.